The zero-order chi connectivity index (χ0) is 14.5. The molecule has 1 heterocycles. The molecule has 0 spiro atoms. The van der Waals surface area contributed by atoms with Crippen molar-refractivity contribution in [3.8, 4) is 0 Å². The van der Waals surface area contributed by atoms with Gasteiger partial charge >= 0.3 is 5.97 Å². The monoisotopic (exact) mass is 277 g/mol. The van der Waals surface area contributed by atoms with E-state index < -0.39 is 24.5 Å². The molecule has 0 aliphatic rings. The van der Waals surface area contributed by atoms with Crippen LogP contribution in [0.2, 0.25) is 0 Å². The van der Waals surface area contributed by atoms with Crippen LogP contribution in [0.15, 0.2) is 30.5 Å². The maximum absolute atomic E-state index is 11.9. The zero-order valence-corrected chi connectivity index (χ0v) is 10.9. The number of benzene rings is 1. The van der Waals surface area contributed by atoms with Crippen molar-refractivity contribution in [2.45, 2.75) is 12.6 Å². The quantitative estimate of drug-likeness (QED) is 0.731. The van der Waals surface area contributed by atoms with E-state index in [4.69, 9.17) is 5.11 Å². The van der Waals surface area contributed by atoms with E-state index in [0.29, 0.717) is 0 Å². The van der Waals surface area contributed by atoms with Crippen molar-refractivity contribution in [3.05, 3.63) is 30.5 Å². The summed E-state index contributed by atoms with van der Waals surface area (Å²) in [7, 11) is 1.19. The summed E-state index contributed by atoms with van der Waals surface area (Å²) in [6.45, 7) is -0.556. The van der Waals surface area contributed by atoms with E-state index in [-0.39, 0.29) is 6.54 Å². The first-order chi connectivity index (χ1) is 9.65. The molecule has 2 aromatic rings. The van der Waals surface area contributed by atoms with Gasteiger partial charge in [0.2, 0.25) is 5.91 Å². The van der Waals surface area contributed by atoms with Gasteiger partial charge < -0.3 is 15.2 Å². The highest BCUT2D eigenvalue weighted by Crippen LogP contribution is 2.12. The Kier molecular flexibility index (Phi) is 4.31. The third-order valence-electron chi connectivity index (χ3n) is 2.85. The predicted octanol–water partition coefficient (Wildman–Crippen LogP) is -0.314. The molecule has 0 saturated heterocycles. The van der Waals surface area contributed by atoms with Crippen molar-refractivity contribution < 1.29 is 19.4 Å². The number of aromatic nitrogens is 2. The van der Waals surface area contributed by atoms with Crippen molar-refractivity contribution in [2.75, 3.05) is 13.7 Å². The average Bonchev–Trinajstić information content (AvgIpc) is 2.87. The zero-order valence-electron chi connectivity index (χ0n) is 10.9. The van der Waals surface area contributed by atoms with Crippen LogP contribution in [0, 0.1) is 0 Å². The minimum absolute atomic E-state index is 0.0407. The summed E-state index contributed by atoms with van der Waals surface area (Å²) < 4.78 is 6.00. The Labute approximate surface area is 115 Å². The molecule has 0 radical (unpaired) electrons. The summed E-state index contributed by atoms with van der Waals surface area (Å²) in [5.74, 6) is -1.12. The number of hydrogen-bond donors (Lipinski definition) is 2. The minimum atomic E-state index is -1.06. The van der Waals surface area contributed by atoms with Crippen molar-refractivity contribution in [3.63, 3.8) is 0 Å². The second-order valence-electron chi connectivity index (χ2n) is 4.19. The standard InChI is InChI=1S/C13H15N3O4/c1-20-13(19)10(8-17)15-12(18)7-16-11-5-3-2-4-9(11)6-14-16/h2-6,10,17H,7-8H2,1H3,(H,15,18)/t10-/m0/s1. The highest BCUT2D eigenvalue weighted by atomic mass is 16.5. The predicted molar refractivity (Wildman–Crippen MR) is 70.8 cm³/mol. The largest absolute Gasteiger partial charge is 0.467 e. The molecule has 2 N–H and O–H groups in total. The number of fused-ring (bicyclic) bond motifs is 1. The average molecular weight is 277 g/mol. The maximum atomic E-state index is 11.9. The number of nitrogens with one attached hydrogen (secondary N) is 1. The molecule has 20 heavy (non-hydrogen) atoms. The molecule has 1 amide bonds. The number of hydrogen-bond acceptors (Lipinski definition) is 5. The number of carbonyl (C=O) groups excluding carboxylic acids is 2. The number of nitrogens with zero attached hydrogens (tertiary/aromatic N) is 2. The highest BCUT2D eigenvalue weighted by Gasteiger charge is 2.20. The number of aliphatic hydroxyl groups excluding tert-OH is 1. The third kappa shape index (κ3) is 2.94. The van der Waals surface area contributed by atoms with Crippen LogP contribution in [-0.4, -0.2) is 46.5 Å². The van der Waals surface area contributed by atoms with Crippen LogP contribution >= 0.6 is 0 Å². The molecular weight excluding hydrogens is 262 g/mol. The molecule has 0 aliphatic carbocycles. The van der Waals surface area contributed by atoms with E-state index in [1.165, 1.54) is 11.8 Å². The fraction of sp³-hybridized carbons (Fsp3) is 0.308. The molecule has 1 atom stereocenters. The van der Waals surface area contributed by atoms with Gasteiger partial charge in [-0.25, -0.2) is 4.79 Å². The van der Waals surface area contributed by atoms with Gasteiger partial charge in [-0.1, -0.05) is 18.2 Å². The molecule has 7 nitrogen and oxygen atoms in total. The highest BCUT2D eigenvalue weighted by molar-refractivity contribution is 5.86. The van der Waals surface area contributed by atoms with E-state index >= 15 is 0 Å². The molecular formula is C13H15N3O4. The van der Waals surface area contributed by atoms with Gasteiger partial charge in [-0.3, -0.25) is 9.48 Å². The molecule has 1 aromatic heterocycles. The number of methoxy groups -OCH3 is 1. The Morgan fingerprint density at radius 2 is 2.20 bits per heavy atom. The number of para-hydroxylation sites is 1. The summed E-state index contributed by atoms with van der Waals surface area (Å²) in [4.78, 5) is 23.1. The normalized spacial score (nSPS) is 12.1. The van der Waals surface area contributed by atoms with Gasteiger partial charge in [0.05, 0.1) is 25.4 Å². The van der Waals surface area contributed by atoms with E-state index in [2.05, 4.69) is 15.2 Å². The lowest BCUT2D eigenvalue weighted by atomic mass is 10.2. The fourth-order valence-corrected chi connectivity index (χ4v) is 1.85. The Bertz CT molecular complexity index is 623. The lowest BCUT2D eigenvalue weighted by molar-refractivity contribution is -0.146. The summed E-state index contributed by atoms with van der Waals surface area (Å²) in [6, 6.07) is 6.41. The molecule has 0 bridgehead atoms. The van der Waals surface area contributed by atoms with Gasteiger partial charge in [0.25, 0.3) is 0 Å². The SMILES string of the molecule is COC(=O)[C@H](CO)NC(=O)Cn1ncc2ccccc21. The first-order valence-electron chi connectivity index (χ1n) is 6.04. The Morgan fingerprint density at radius 1 is 1.45 bits per heavy atom. The van der Waals surface area contributed by atoms with Crippen LogP contribution in [0.5, 0.6) is 0 Å². The maximum Gasteiger partial charge on any atom is 0.330 e. The first kappa shape index (κ1) is 14.0. The molecule has 0 unspecified atom stereocenters. The van der Waals surface area contributed by atoms with Crippen LogP contribution in [0.1, 0.15) is 0 Å². The van der Waals surface area contributed by atoms with Gasteiger partial charge in [0, 0.05) is 5.39 Å². The summed E-state index contributed by atoms with van der Waals surface area (Å²) in [6.07, 6.45) is 1.66. The number of carbonyl (C=O) groups is 2. The summed E-state index contributed by atoms with van der Waals surface area (Å²) in [5.41, 5.74) is 0.821. The lowest BCUT2D eigenvalue weighted by Gasteiger charge is -2.13. The number of aliphatic hydroxyl groups is 1. The molecule has 0 fully saturated rings. The van der Waals surface area contributed by atoms with Crippen LogP contribution < -0.4 is 5.32 Å². The van der Waals surface area contributed by atoms with Gasteiger partial charge in [-0.05, 0) is 6.07 Å². The van der Waals surface area contributed by atoms with E-state index in [1.807, 2.05) is 24.3 Å². The Balaban J connectivity index is 2.06. The number of amides is 1. The van der Waals surface area contributed by atoms with E-state index in [1.54, 1.807) is 6.20 Å². The molecule has 0 saturated carbocycles. The van der Waals surface area contributed by atoms with Crippen LogP contribution in [0.3, 0.4) is 0 Å². The number of rotatable bonds is 5. The Morgan fingerprint density at radius 3 is 2.90 bits per heavy atom. The first-order valence-corrected chi connectivity index (χ1v) is 6.04. The van der Waals surface area contributed by atoms with Crippen molar-refractivity contribution in [1.82, 2.24) is 15.1 Å². The number of esters is 1. The molecule has 2 rings (SSSR count). The molecule has 0 aliphatic heterocycles. The fourth-order valence-electron chi connectivity index (χ4n) is 1.85. The van der Waals surface area contributed by atoms with Crippen LogP contribution in [0.25, 0.3) is 10.9 Å². The Hall–Kier alpha value is -2.41. The van der Waals surface area contributed by atoms with Gasteiger partial charge in [-0.2, -0.15) is 5.10 Å². The minimum Gasteiger partial charge on any atom is -0.467 e. The van der Waals surface area contributed by atoms with Crippen molar-refractivity contribution >= 4 is 22.8 Å². The van der Waals surface area contributed by atoms with Crippen LogP contribution in [-0.2, 0) is 20.9 Å². The van der Waals surface area contributed by atoms with Gasteiger partial charge in [0.15, 0.2) is 6.04 Å². The topological polar surface area (TPSA) is 93.5 Å². The van der Waals surface area contributed by atoms with Gasteiger partial charge in [0.1, 0.15) is 6.54 Å². The summed E-state index contributed by atoms with van der Waals surface area (Å²) in [5, 5.41) is 16.5. The lowest BCUT2D eigenvalue weighted by Crippen LogP contribution is -2.45. The third-order valence-corrected chi connectivity index (χ3v) is 2.85. The molecule has 7 heteroatoms. The smallest absolute Gasteiger partial charge is 0.330 e. The van der Waals surface area contributed by atoms with Gasteiger partial charge in [-0.15, -0.1) is 0 Å². The van der Waals surface area contributed by atoms with E-state index in [9.17, 15) is 9.59 Å². The second kappa shape index (κ2) is 6.16. The second-order valence-corrected chi connectivity index (χ2v) is 4.19. The van der Waals surface area contributed by atoms with Crippen molar-refractivity contribution in [2.24, 2.45) is 0 Å². The summed E-state index contributed by atoms with van der Waals surface area (Å²) >= 11 is 0. The number of ether oxygens (including phenoxy) is 1. The molecule has 106 valence electrons. The van der Waals surface area contributed by atoms with Crippen LogP contribution in [0.4, 0.5) is 0 Å². The van der Waals surface area contributed by atoms with Crippen molar-refractivity contribution in [1.29, 1.82) is 0 Å². The van der Waals surface area contributed by atoms with E-state index in [0.717, 1.165) is 10.9 Å². The molecule has 1 aromatic carbocycles.